The van der Waals surface area contributed by atoms with Gasteiger partial charge in [0.2, 0.25) is 0 Å². The molecule has 0 aromatic carbocycles. The van der Waals surface area contributed by atoms with Crippen molar-refractivity contribution in [1.82, 2.24) is 14.9 Å². The van der Waals surface area contributed by atoms with E-state index < -0.39 is 0 Å². The Morgan fingerprint density at radius 3 is 2.59 bits per heavy atom. The Kier molecular flexibility index (Phi) is 5.17. The summed E-state index contributed by atoms with van der Waals surface area (Å²) >= 11 is 0. The minimum absolute atomic E-state index is 0.0538. The molecule has 0 radical (unpaired) electrons. The summed E-state index contributed by atoms with van der Waals surface area (Å²) in [5.41, 5.74) is 2.96. The van der Waals surface area contributed by atoms with E-state index in [1.165, 1.54) is 38.5 Å². The van der Waals surface area contributed by atoms with Gasteiger partial charge >= 0.3 is 0 Å². The number of rotatable bonds is 4. The van der Waals surface area contributed by atoms with Crippen molar-refractivity contribution in [2.75, 3.05) is 6.67 Å². The number of amides is 1. The van der Waals surface area contributed by atoms with Crippen LogP contribution >= 0.6 is 0 Å². The van der Waals surface area contributed by atoms with Crippen LogP contribution in [-0.2, 0) is 4.79 Å². The van der Waals surface area contributed by atoms with Crippen molar-refractivity contribution in [1.29, 1.82) is 0 Å². The Morgan fingerprint density at radius 1 is 1.07 bits per heavy atom. The number of aromatic nitrogens is 2. The SMILES string of the molecule is O=C1C(C(=NC2CCCCC2)c2cc3cccnc3[nH]2)=NCN1C1CCCCC1. The first-order chi connectivity index (χ1) is 14.3. The summed E-state index contributed by atoms with van der Waals surface area (Å²) in [4.78, 5) is 32.9. The number of H-pyrrole nitrogens is 1. The van der Waals surface area contributed by atoms with Gasteiger partial charge in [-0.1, -0.05) is 38.5 Å². The van der Waals surface area contributed by atoms with E-state index in [0.717, 1.165) is 48.1 Å². The Hall–Kier alpha value is -2.50. The van der Waals surface area contributed by atoms with Gasteiger partial charge in [-0.05, 0) is 43.9 Å². The molecule has 2 fully saturated rings. The number of hydrogen-bond acceptors (Lipinski definition) is 4. The van der Waals surface area contributed by atoms with Crippen LogP contribution in [0.25, 0.3) is 11.0 Å². The zero-order valence-corrected chi connectivity index (χ0v) is 16.9. The standard InChI is InChI=1S/C23H29N5O/c29-23-21(25-15-28(23)18-11-5-2-6-12-18)20(26-17-9-3-1-4-10-17)19-14-16-8-7-13-24-22(16)27-19/h7-8,13-14,17-18H,1-6,9-12,15H2,(H,24,27). The molecule has 1 aliphatic heterocycles. The van der Waals surface area contributed by atoms with Crippen molar-refractivity contribution in [3.05, 3.63) is 30.1 Å². The lowest BCUT2D eigenvalue weighted by Crippen LogP contribution is -2.42. The quantitative estimate of drug-likeness (QED) is 0.791. The number of aliphatic imine (C=N–C) groups is 2. The Balaban J connectivity index is 1.48. The monoisotopic (exact) mass is 391 g/mol. The number of pyridine rings is 1. The van der Waals surface area contributed by atoms with Gasteiger partial charge in [0.05, 0.1) is 11.7 Å². The third-order valence-electron chi connectivity index (χ3n) is 6.62. The predicted molar refractivity (Wildman–Crippen MR) is 116 cm³/mol. The van der Waals surface area contributed by atoms with E-state index in [9.17, 15) is 4.79 Å². The Bertz CT molecular complexity index is 914. The molecule has 2 aromatic rings. The van der Waals surface area contributed by atoms with Gasteiger partial charge in [0.25, 0.3) is 5.91 Å². The number of carbonyl (C=O) groups excluding carboxylic acids is 1. The highest BCUT2D eigenvalue weighted by Crippen LogP contribution is 2.27. The molecule has 1 amide bonds. The zero-order chi connectivity index (χ0) is 19.6. The van der Waals surface area contributed by atoms with Gasteiger partial charge in [0, 0.05) is 17.6 Å². The molecular weight excluding hydrogens is 362 g/mol. The number of nitrogens with zero attached hydrogens (tertiary/aromatic N) is 4. The zero-order valence-electron chi connectivity index (χ0n) is 16.9. The number of fused-ring (bicyclic) bond motifs is 1. The third kappa shape index (κ3) is 3.72. The fourth-order valence-electron chi connectivity index (χ4n) is 5.00. The Morgan fingerprint density at radius 2 is 1.83 bits per heavy atom. The highest BCUT2D eigenvalue weighted by molar-refractivity contribution is 6.70. The third-order valence-corrected chi connectivity index (χ3v) is 6.62. The molecule has 0 saturated heterocycles. The second kappa shape index (κ2) is 8.09. The summed E-state index contributed by atoms with van der Waals surface area (Å²) in [5, 5.41) is 1.04. The van der Waals surface area contributed by atoms with Crippen molar-refractivity contribution in [3.8, 4) is 0 Å². The van der Waals surface area contributed by atoms with Crippen molar-refractivity contribution in [2.45, 2.75) is 76.3 Å². The summed E-state index contributed by atoms with van der Waals surface area (Å²) in [5.74, 6) is 0.0538. The Labute approximate surface area is 171 Å². The van der Waals surface area contributed by atoms with E-state index in [0.29, 0.717) is 18.4 Å². The molecule has 2 saturated carbocycles. The first-order valence-electron chi connectivity index (χ1n) is 11.2. The van der Waals surface area contributed by atoms with Crippen LogP contribution in [-0.4, -0.2) is 51.0 Å². The number of hydrogen-bond donors (Lipinski definition) is 1. The molecule has 3 aliphatic rings. The van der Waals surface area contributed by atoms with E-state index >= 15 is 0 Å². The van der Waals surface area contributed by atoms with E-state index in [-0.39, 0.29) is 11.9 Å². The van der Waals surface area contributed by atoms with Gasteiger partial charge in [0.15, 0.2) is 5.71 Å². The summed E-state index contributed by atoms with van der Waals surface area (Å²) in [6, 6.07) is 6.63. The maximum Gasteiger partial charge on any atom is 0.276 e. The number of aromatic amines is 1. The van der Waals surface area contributed by atoms with Gasteiger partial charge in [-0.2, -0.15) is 0 Å². The molecule has 6 heteroatoms. The topological polar surface area (TPSA) is 73.7 Å². The second-order valence-corrected chi connectivity index (χ2v) is 8.61. The van der Waals surface area contributed by atoms with Crippen LogP contribution < -0.4 is 0 Å². The molecule has 3 heterocycles. The van der Waals surface area contributed by atoms with E-state index in [1.54, 1.807) is 6.20 Å². The first-order valence-corrected chi connectivity index (χ1v) is 11.2. The van der Waals surface area contributed by atoms with Crippen LogP contribution in [0.1, 0.15) is 69.9 Å². The van der Waals surface area contributed by atoms with Crippen LogP contribution in [0.4, 0.5) is 0 Å². The van der Waals surface area contributed by atoms with E-state index in [2.05, 4.69) is 16.0 Å². The maximum atomic E-state index is 13.4. The van der Waals surface area contributed by atoms with Crippen LogP contribution in [0.3, 0.4) is 0 Å². The first kappa shape index (κ1) is 18.5. The highest BCUT2D eigenvalue weighted by atomic mass is 16.2. The fraction of sp³-hybridized carbons (Fsp3) is 0.565. The van der Waals surface area contributed by atoms with Gasteiger partial charge in [-0.3, -0.25) is 14.8 Å². The molecular formula is C23H29N5O. The van der Waals surface area contributed by atoms with Crippen molar-refractivity contribution in [3.63, 3.8) is 0 Å². The molecule has 1 N–H and O–H groups in total. The van der Waals surface area contributed by atoms with Gasteiger partial charge in [0.1, 0.15) is 18.0 Å². The van der Waals surface area contributed by atoms with Gasteiger partial charge < -0.3 is 9.88 Å². The summed E-state index contributed by atoms with van der Waals surface area (Å²) in [6.45, 7) is 0.473. The molecule has 5 rings (SSSR count). The van der Waals surface area contributed by atoms with Crippen LogP contribution in [0.2, 0.25) is 0 Å². The van der Waals surface area contributed by atoms with Crippen LogP contribution in [0.15, 0.2) is 34.4 Å². The number of nitrogens with one attached hydrogen (secondary N) is 1. The lowest BCUT2D eigenvalue weighted by atomic mass is 9.94. The summed E-state index contributed by atoms with van der Waals surface area (Å²) in [7, 11) is 0. The largest absolute Gasteiger partial charge is 0.338 e. The average molecular weight is 392 g/mol. The molecule has 6 nitrogen and oxygen atoms in total. The van der Waals surface area contributed by atoms with Crippen molar-refractivity contribution >= 4 is 28.4 Å². The van der Waals surface area contributed by atoms with Gasteiger partial charge in [-0.15, -0.1) is 0 Å². The maximum absolute atomic E-state index is 13.4. The number of carbonyl (C=O) groups is 1. The summed E-state index contributed by atoms with van der Waals surface area (Å²) in [6.07, 6.45) is 13.6. The van der Waals surface area contributed by atoms with Gasteiger partial charge in [-0.25, -0.2) is 4.98 Å². The predicted octanol–water partition coefficient (Wildman–Crippen LogP) is 4.26. The van der Waals surface area contributed by atoms with Crippen molar-refractivity contribution in [2.24, 2.45) is 9.98 Å². The molecule has 0 unspecified atom stereocenters. The average Bonchev–Trinajstić information content (AvgIpc) is 3.37. The normalized spacial score (nSPS) is 22.5. The molecule has 29 heavy (non-hydrogen) atoms. The van der Waals surface area contributed by atoms with E-state index in [4.69, 9.17) is 9.98 Å². The van der Waals surface area contributed by atoms with Crippen LogP contribution in [0, 0.1) is 0 Å². The lowest BCUT2D eigenvalue weighted by molar-refractivity contribution is -0.125. The highest BCUT2D eigenvalue weighted by Gasteiger charge is 2.35. The molecule has 0 atom stereocenters. The molecule has 0 spiro atoms. The molecule has 2 aromatic heterocycles. The second-order valence-electron chi connectivity index (χ2n) is 8.61. The molecule has 0 bridgehead atoms. The lowest BCUT2D eigenvalue weighted by Gasteiger charge is -2.30. The van der Waals surface area contributed by atoms with Crippen molar-refractivity contribution < 1.29 is 4.79 Å². The molecule has 2 aliphatic carbocycles. The fourth-order valence-corrected chi connectivity index (χ4v) is 5.00. The molecule has 152 valence electrons. The smallest absolute Gasteiger partial charge is 0.276 e. The van der Waals surface area contributed by atoms with E-state index in [1.807, 2.05) is 17.0 Å². The minimum Gasteiger partial charge on any atom is -0.338 e. The minimum atomic E-state index is 0.0538. The van der Waals surface area contributed by atoms with Crippen LogP contribution in [0.5, 0.6) is 0 Å². The summed E-state index contributed by atoms with van der Waals surface area (Å²) < 4.78 is 0.